The van der Waals surface area contributed by atoms with Gasteiger partial charge in [-0.3, -0.25) is 4.79 Å². The van der Waals surface area contributed by atoms with Gasteiger partial charge in [-0.15, -0.1) is 0 Å². The van der Waals surface area contributed by atoms with Crippen molar-refractivity contribution in [1.29, 1.82) is 0 Å². The van der Waals surface area contributed by atoms with E-state index in [0.29, 0.717) is 16.5 Å². The van der Waals surface area contributed by atoms with Gasteiger partial charge in [-0.1, -0.05) is 13.8 Å². The fourth-order valence-electron chi connectivity index (χ4n) is 2.07. The molecular formula is C15H18FNO3. The highest BCUT2D eigenvalue weighted by molar-refractivity contribution is 5.99. The number of carbonyl (C=O) groups is 1. The largest absolute Gasteiger partial charge is 0.451 e. The molecule has 0 aliphatic carbocycles. The van der Waals surface area contributed by atoms with Crippen molar-refractivity contribution in [1.82, 2.24) is 5.32 Å². The fourth-order valence-corrected chi connectivity index (χ4v) is 2.07. The first-order chi connectivity index (χ1) is 9.43. The predicted octanol–water partition coefficient (Wildman–Crippen LogP) is 2.63. The summed E-state index contributed by atoms with van der Waals surface area (Å²) in [7, 11) is 0. The van der Waals surface area contributed by atoms with Gasteiger partial charge in [-0.05, 0) is 31.0 Å². The molecule has 0 bridgehead atoms. The second-order valence-electron chi connectivity index (χ2n) is 5.20. The first-order valence-electron chi connectivity index (χ1n) is 6.54. The molecule has 0 spiro atoms. The molecule has 4 nitrogen and oxygen atoms in total. The summed E-state index contributed by atoms with van der Waals surface area (Å²) in [6.45, 7) is 5.38. The number of aryl methyl sites for hydroxylation is 1. The summed E-state index contributed by atoms with van der Waals surface area (Å²) in [5.74, 6) is -0.508. The monoisotopic (exact) mass is 279 g/mol. The summed E-state index contributed by atoms with van der Waals surface area (Å²) in [5, 5.41) is 12.5. The van der Waals surface area contributed by atoms with E-state index in [2.05, 4.69) is 5.32 Å². The molecule has 2 rings (SSSR count). The molecule has 1 aromatic heterocycles. The number of carbonyl (C=O) groups excluding carboxylic acids is 1. The van der Waals surface area contributed by atoms with Crippen LogP contribution in [0.5, 0.6) is 0 Å². The van der Waals surface area contributed by atoms with Crippen LogP contribution in [-0.2, 0) is 0 Å². The van der Waals surface area contributed by atoms with Crippen LogP contribution in [-0.4, -0.2) is 23.7 Å². The van der Waals surface area contributed by atoms with Gasteiger partial charge in [-0.2, -0.15) is 0 Å². The molecule has 20 heavy (non-hydrogen) atoms. The van der Waals surface area contributed by atoms with E-state index in [1.54, 1.807) is 6.92 Å². The molecule has 0 radical (unpaired) electrons. The Morgan fingerprint density at radius 1 is 1.45 bits per heavy atom. The lowest BCUT2D eigenvalue weighted by Crippen LogP contribution is -2.41. The molecule has 0 aliphatic heterocycles. The van der Waals surface area contributed by atoms with E-state index < -0.39 is 5.91 Å². The van der Waals surface area contributed by atoms with E-state index in [0.717, 1.165) is 0 Å². The summed E-state index contributed by atoms with van der Waals surface area (Å²) in [6, 6.07) is 3.79. The Hall–Kier alpha value is -1.88. The van der Waals surface area contributed by atoms with E-state index in [9.17, 15) is 14.3 Å². The maximum Gasteiger partial charge on any atom is 0.287 e. The van der Waals surface area contributed by atoms with Crippen LogP contribution in [0.1, 0.15) is 30.0 Å². The van der Waals surface area contributed by atoms with Crippen LogP contribution in [0.2, 0.25) is 0 Å². The van der Waals surface area contributed by atoms with E-state index in [-0.39, 0.29) is 30.1 Å². The van der Waals surface area contributed by atoms with Crippen LogP contribution >= 0.6 is 0 Å². The summed E-state index contributed by atoms with van der Waals surface area (Å²) in [4.78, 5) is 12.2. The quantitative estimate of drug-likeness (QED) is 0.904. The second kappa shape index (κ2) is 5.63. The van der Waals surface area contributed by atoms with E-state index >= 15 is 0 Å². The summed E-state index contributed by atoms with van der Waals surface area (Å²) >= 11 is 0. The number of rotatable bonds is 4. The maximum atomic E-state index is 13.2. The van der Waals surface area contributed by atoms with E-state index in [1.165, 1.54) is 18.2 Å². The van der Waals surface area contributed by atoms with Crippen molar-refractivity contribution >= 4 is 16.9 Å². The number of furan rings is 1. The molecule has 1 atom stereocenters. The molecule has 0 aliphatic rings. The van der Waals surface area contributed by atoms with Gasteiger partial charge in [0.2, 0.25) is 0 Å². The number of aliphatic hydroxyl groups excluding tert-OH is 1. The van der Waals surface area contributed by atoms with Gasteiger partial charge in [0, 0.05) is 10.9 Å². The third kappa shape index (κ3) is 2.67. The normalized spacial score (nSPS) is 12.9. The Morgan fingerprint density at radius 2 is 2.15 bits per heavy atom. The standard InChI is InChI=1S/C15H18FNO3/c1-8(2)12(7-18)17-15(19)14-9(3)11-6-10(16)4-5-13(11)20-14/h4-6,8,12,18H,7H2,1-3H3,(H,17,19). The van der Waals surface area contributed by atoms with Crippen LogP contribution in [0.25, 0.3) is 11.0 Å². The Labute approximate surface area is 116 Å². The molecule has 2 aromatic rings. The zero-order valence-corrected chi connectivity index (χ0v) is 11.7. The number of aliphatic hydroxyl groups is 1. The minimum absolute atomic E-state index is 0.103. The van der Waals surface area contributed by atoms with Gasteiger partial charge in [0.1, 0.15) is 11.4 Å². The van der Waals surface area contributed by atoms with Crippen LogP contribution in [0.3, 0.4) is 0 Å². The minimum Gasteiger partial charge on any atom is -0.451 e. The molecular weight excluding hydrogens is 261 g/mol. The molecule has 2 N–H and O–H groups in total. The van der Waals surface area contributed by atoms with Crippen molar-refractivity contribution in [3.05, 3.63) is 35.3 Å². The lowest BCUT2D eigenvalue weighted by atomic mass is 10.1. The molecule has 0 saturated heterocycles. The van der Waals surface area contributed by atoms with Gasteiger partial charge < -0.3 is 14.8 Å². The predicted molar refractivity (Wildman–Crippen MR) is 74.1 cm³/mol. The molecule has 108 valence electrons. The van der Waals surface area contributed by atoms with Crippen LogP contribution in [0.4, 0.5) is 4.39 Å². The number of halogens is 1. The highest BCUT2D eigenvalue weighted by atomic mass is 19.1. The van der Waals surface area contributed by atoms with Crippen molar-refractivity contribution in [2.24, 2.45) is 5.92 Å². The zero-order chi connectivity index (χ0) is 14.9. The summed E-state index contributed by atoms with van der Waals surface area (Å²) in [6.07, 6.45) is 0. The van der Waals surface area contributed by atoms with Crippen molar-refractivity contribution in [3.63, 3.8) is 0 Å². The molecule has 1 aromatic carbocycles. The highest BCUT2D eigenvalue weighted by Gasteiger charge is 2.22. The molecule has 0 fully saturated rings. The topological polar surface area (TPSA) is 62.5 Å². The number of nitrogens with one attached hydrogen (secondary N) is 1. The van der Waals surface area contributed by atoms with Crippen LogP contribution in [0, 0.1) is 18.7 Å². The van der Waals surface area contributed by atoms with Crippen LogP contribution in [0.15, 0.2) is 22.6 Å². The Kier molecular flexibility index (Phi) is 4.09. The molecule has 5 heteroatoms. The molecule has 1 amide bonds. The summed E-state index contributed by atoms with van der Waals surface area (Å²) < 4.78 is 18.7. The van der Waals surface area contributed by atoms with E-state index in [4.69, 9.17) is 4.42 Å². The molecule has 1 heterocycles. The molecule has 0 saturated carbocycles. The Morgan fingerprint density at radius 3 is 2.75 bits per heavy atom. The van der Waals surface area contributed by atoms with Crippen molar-refractivity contribution in [3.8, 4) is 0 Å². The van der Waals surface area contributed by atoms with Crippen molar-refractivity contribution in [2.45, 2.75) is 26.8 Å². The van der Waals surface area contributed by atoms with Crippen molar-refractivity contribution < 1.29 is 18.7 Å². The number of hydrogen-bond acceptors (Lipinski definition) is 3. The minimum atomic E-state index is -0.396. The van der Waals surface area contributed by atoms with Crippen LogP contribution < -0.4 is 5.32 Å². The average molecular weight is 279 g/mol. The third-order valence-electron chi connectivity index (χ3n) is 3.42. The zero-order valence-electron chi connectivity index (χ0n) is 11.7. The Balaban J connectivity index is 2.33. The number of hydrogen-bond donors (Lipinski definition) is 2. The van der Waals surface area contributed by atoms with Gasteiger partial charge >= 0.3 is 0 Å². The number of amides is 1. The third-order valence-corrected chi connectivity index (χ3v) is 3.42. The van der Waals surface area contributed by atoms with Crippen molar-refractivity contribution in [2.75, 3.05) is 6.61 Å². The Bertz CT molecular complexity index is 633. The number of benzene rings is 1. The van der Waals surface area contributed by atoms with Gasteiger partial charge in [0.25, 0.3) is 5.91 Å². The maximum absolute atomic E-state index is 13.2. The lowest BCUT2D eigenvalue weighted by molar-refractivity contribution is 0.0870. The summed E-state index contributed by atoms with van der Waals surface area (Å²) in [5.41, 5.74) is 1.07. The average Bonchev–Trinajstić information content (AvgIpc) is 2.73. The molecule has 1 unspecified atom stereocenters. The van der Waals surface area contributed by atoms with E-state index in [1.807, 2.05) is 13.8 Å². The highest BCUT2D eigenvalue weighted by Crippen LogP contribution is 2.26. The number of fused-ring (bicyclic) bond motifs is 1. The van der Waals surface area contributed by atoms with Gasteiger partial charge in [-0.25, -0.2) is 4.39 Å². The first kappa shape index (κ1) is 14.5. The van der Waals surface area contributed by atoms with Gasteiger partial charge in [0.15, 0.2) is 5.76 Å². The first-order valence-corrected chi connectivity index (χ1v) is 6.54. The fraction of sp³-hybridized carbons (Fsp3) is 0.400. The SMILES string of the molecule is Cc1c(C(=O)NC(CO)C(C)C)oc2ccc(F)cc12. The lowest BCUT2D eigenvalue weighted by Gasteiger charge is -2.19. The van der Waals surface area contributed by atoms with Gasteiger partial charge in [0.05, 0.1) is 12.6 Å². The second-order valence-corrected chi connectivity index (χ2v) is 5.20. The smallest absolute Gasteiger partial charge is 0.287 e.